The van der Waals surface area contributed by atoms with E-state index in [9.17, 15) is 8.42 Å². The van der Waals surface area contributed by atoms with Crippen LogP contribution in [0.2, 0.25) is 0 Å². The molecule has 1 aliphatic rings. The molecule has 0 saturated heterocycles. The van der Waals surface area contributed by atoms with Crippen molar-refractivity contribution in [3.05, 3.63) is 54.5 Å². The number of methoxy groups -OCH3 is 3. The quantitative estimate of drug-likeness (QED) is 0.220. The Hall–Kier alpha value is -4.85. The molecule has 0 spiro atoms. The van der Waals surface area contributed by atoms with Gasteiger partial charge < -0.3 is 24.1 Å². The Morgan fingerprint density at radius 1 is 0.950 bits per heavy atom. The Labute approximate surface area is 228 Å². The van der Waals surface area contributed by atoms with E-state index in [0.29, 0.717) is 45.5 Å². The molecule has 2 aromatic carbocycles. The highest BCUT2D eigenvalue weighted by atomic mass is 32.2. The van der Waals surface area contributed by atoms with E-state index in [1.54, 1.807) is 30.6 Å². The first-order chi connectivity index (χ1) is 19.4. The fourth-order valence-electron chi connectivity index (χ4n) is 4.35. The number of sulfonamides is 1. The van der Waals surface area contributed by atoms with Gasteiger partial charge in [-0.05, 0) is 37.1 Å². The van der Waals surface area contributed by atoms with Crippen molar-refractivity contribution in [3.63, 3.8) is 0 Å². The number of ether oxygens (including phenoxy) is 3. The molecule has 1 aliphatic carbocycles. The fraction of sp³-hybridized carbons (Fsp3) is 0.231. The van der Waals surface area contributed by atoms with Gasteiger partial charge in [-0.15, -0.1) is 0 Å². The fourth-order valence-corrected chi connectivity index (χ4v) is 5.67. The minimum Gasteiger partial charge on any atom is -0.495 e. The van der Waals surface area contributed by atoms with Crippen LogP contribution in [0, 0.1) is 0 Å². The molecular weight excluding hydrogens is 538 g/mol. The van der Waals surface area contributed by atoms with Crippen molar-refractivity contribution < 1.29 is 27.2 Å². The molecule has 0 unspecified atom stereocenters. The first-order valence-corrected chi connectivity index (χ1v) is 13.7. The van der Waals surface area contributed by atoms with Crippen LogP contribution < -0.4 is 24.2 Å². The summed E-state index contributed by atoms with van der Waals surface area (Å²) in [5.74, 6) is 2.02. The molecule has 5 aromatic rings. The van der Waals surface area contributed by atoms with Crippen LogP contribution in [0.1, 0.15) is 24.5 Å². The highest BCUT2D eigenvalue weighted by Gasteiger charge is 2.29. The van der Waals surface area contributed by atoms with Crippen molar-refractivity contribution >= 4 is 38.3 Å². The maximum Gasteiger partial charge on any atom is 0.270 e. The molecular formula is C26H25N7O6S. The zero-order chi connectivity index (χ0) is 27.9. The van der Waals surface area contributed by atoms with E-state index in [0.717, 1.165) is 18.5 Å². The lowest BCUT2D eigenvalue weighted by Gasteiger charge is -2.15. The number of benzene rings is 2. The zero-order valence-corrected chi connectivity index (χ0v) is 22.6. The van der Waals surface area contributed by atoms with Gasteiger partial charge in [-0.1, -0.05) is 5.16 Å². The van der Waals surface area contributed by atoms with Crippen molar-refractivity contribution in [1.29, 1.82) is 0 Å². The average molecular weight is 564 g/mol. The van der Waals surface area contributed by atoms with Crippen LogP contribution in [-0.2, 0) is 10.0 Å². The lowest BCUT2D eigenvalue weighted by Crippen LogP contribution is -2.16. The van der Waals surface area contributed by atoms with Gasteiger partial charge in [0.2, 0.25) is 0 Å². The number of rotatable bonds is 10. The largest absolute Gasteiger partial charge is 0.495 e. The predicted octanol–water partition coefficient (Wildman–Crippen LogP) is 4.46. The Morgan fingerprint density at radius 3 is 2.30 bits per heavy atom. The molecule has 40 heavy (non-hydrogen) atoms. The summed E-state index contributed by atoms with van der Waals surface area (Å²) in [7, 11) is -0.0345. The van der Waals surface area contributed by atoms with Gasteiger partial charge in [-0.2, -0.15) is 5.10 Å². The van der Waals surface area contributed by atoms with E-state index >= 15 is 0 Å². The van der Waals surface area contributed by atoms with Crippen molar-refractivity contribution in [2.75, 3.05) is 31.4 Å². The van der Waals surface area contributed by atoms with E-state index in [4.69, 9.17) is 18.7 Å². The van der Waals surface area contributed by atoms with Crippen LogP contribution in [0.15, 0.2) is 58.2 Å². The summed E-state index contributed by atoms with van der Waals surface area (Å²) in [5, 5.41) is 14.9. The monoisotopic (exact) mass is 563 g/mol. The number of aromatic amines is 1. The topological polar surface area (TPSA) is 166 Å². The van der Waals surface area contributed by atoms with Gasteiger partial charge in [-0.3, -0.25) is 9.82 Å². The van der Waals surface area contributed by atoms with Crippen LogP contribution in [0.4, 0.5) is 17.3 Å². The SMILES string of the molecule is COc1cc2c(NS(=O)(=O)c3c(OC)cc(-c4ncccn4)cc3OC)noc2cc1Nc1cc(C2CC2)[nH]n1. The van der Waals surface area contributed by atoms with Gasteiger partial charge >= 0.3 is 0 Å². The lowest BCUT2D eigenvalue weighted by atomic mass is 10.2. The number of nitrogens with one attached hydrogen (secondary N) is 3. The molecule has 1 saturated carbocycles. The second kappa shape index (κ2) is 10.0. The summed E-state index contributed by atoms with van der Waals surface area (Å²) in [6.45, 7) is 0. The van der Waals surface area contributed by atoms with Crippen LogP contribution >= 0.6 is 0 Å². The summed E-state index contributed by atoms with van der Waals surface area (Å²) < 4.78 is 51.7. The van der Waals surface area contributed by atoms with Crippen molar-refractivity contribution in [3.8, 4) is 28.6 Å². The van der Waals surface area contributed by atoms with Crippen molar-refractivity contribution in [2.45, 2.75) is 23.7 Å². The predicted molar refractivity (Wildman–Crippen MR) is 146 cm³/mol. The Kier molecular flexibility index (Phi) is 6.38. The highest BCUT2D eigenvalue weighted by molar-refractivity contribution is 7.93. The van der Waals surface area contributed by atoms with E-state index < -0.39 is 10.0 Å². The number of aromatic nitrogens is 5. The van der Waals surface area contributed by atoms with E-state index in [1.807, 2.05) is 6.07 Å². The molecule has 206 valence electrons. The molecule has 0 atom stereocenters. The molecule has 3 aromatic heterocycles. The third kappa shape index (κ3) is 4.73. The maximum atomic E-state index is 13.6. The minimum absolute atomic E-state index is 0.0322. The normalized spacial score (nSPS) is 13.3. The summed E-state index contributed by atoms with van der Waals surface area (Å²) in [5.41, 5.74) is 2.51. The van der Waals surface area contributed by atoms with E-state index in [-0.39, 0.29) is 22.2 Å². The lowest BCUT2D eigenvalue weighted by molar-refractivity contribution is 0.374. The molecule has 3 N–H and O–H groups in total. The third-order valence-electron chi connectivity index (χ3n) is 6.45. The van der Waals surface area contributed by atoms with Crippen molar-refractivity contribution in [1.82, 2.24) is 25.3 Å². The summed E-state index contributed by atoms with van der Waals surface area (Å²) in [6.07, 6.45) is 5.46. The number of hydrogen-bond donors (Lipinski definition) is 3. The van der Waals surface area contributed by atoms with Gasteiger partial charge in [0, 0.05) is 41.7 Å². The summed E-state index contributed by atoms with van der Waals surface area (Å²) >= 11 is 0. The van der Waals surface area contributed by atoms with Crippen LogP contribution in [0.3, 0.4) is 0 Å². The number of H-pyrrole nitrogens is 1. The molecule has 0 aliphatic heterocycles. The van der Waals surface area contributed by atoms with E-state index in [2.05, 4.69) is 35.4 Å². The molecule has 3 heterocycles. The molecule has 14 heteroatoms. The molecule has 13 nitrogen and oxygen atoms in total. The molecule has 1 fully saturated rings. The Bertz CT molecular complexity index is 1770. The standard InChI is InChI=1S/C26H25N7O6S/c1-36-20-11-16-19(12-18(20)29-23-13-17(30-31-23)14-5-6-14)39-32-26(16)33-40(34,35)24-21(37-2)9-15(10-22(24)38-3)25-27-7-4-8-28-25/h4,7-14H,5-6H2,1-3H3,(H,32,33)(H2,29,30,31). The Morgan fingerprint density at radius 2 is 1.65 bits per heavy atom. The first-order valence-electron chi connectivity index (χ1n) is 12.3. The smallest absolute Gasteiger partial charge is 0.270 e. The van der Waals surface area contributed by atoms with Gasteiger partial charge in [0.05, 0.1) is 32.4 Å². The first kappa shape index (κ1) is 25.4. The Balaban J connectivity index is 1.34. The molecule has 6 rings (SSSR count). The number of hydrogen-bond acceptors (Lipinski definition) is 11. The van der Waals surface area contributed by atoms with Gasteiger partial charge in [-0.25, -0.2) is 18.4 Å². The van der Waals surface area contributed by atoms with Crippen molar-refractivity contribution in [2.24, 2.45) is 0 Å². The molecule has 0 bridgehead atoms. The van der Waals surface area contributed by atoms with Gasteiger partial charge in [0.15, 0.2) is 27.9 Å². The van der Waals surface area contributed by atoms with Crippen LogP contribution in [0.5, 0.6) is 17.2 Å². The average Bonchev–Trinajstić information content (AvgIpc) is 3.61. The highest BCUT2D eigenvalue weighted by Crippen LogP contribution is 2.42. The number of nitrogens with zero attached hydrogens (tertiary/aromatic N) is 4. The number of fused-ring (bicyclic) bond motifs is 1. The van der Waals surface area contributed by atoms with E-state index in [1.165, 1.54) is 33.5 Å². The zero-order valence-electron chi connectivity index (χ0n) is 21.8. The van der Waals surface area contributed by atoms with Gasteiger partial charge in [0.1, 0.15) is 17.2 Å². The van der Waals surface area contributed by atoms with Crippen LogP contribution in [-0.4, -0.2) is 55.1 Å². The minimum atomic E-state index is -4.27. The van der Waals surface area contributed by atoms with Gasteiger partial charge in [0.25, 0.3) is 10.0 Å². The summed E-state index contributed by atoms with van der Waals surface area (Å²) in [6, 6.07) is 9.98. The second-order valence-electron chi connectivity index (χ2n) is 9.08. The number of anilines is 3. The molecule has 0 amide bonds. The third-order valence-corrected chi connectivity index (χ3v) is 7.86. The second-order valence-corrected chi connectivity index (χ2v) is 10.7. The van der Waals surface area contributed by atoms with Crippen LogP contribution in [0.25, 0.3) is 22.4 Å². The summed E-state index contributed by atoms with van der Waals surface area (Å²) in [4.78, 5) is 8.21. The maximum absolute atomic E-state index is 13.6. The molecule has 0 radical (unpaired) electrons.